The molecule has 3 rings (SSSR count). The van der Waals surface area contributed by atoms with Crippen LogP contribution in [0.3, 0.4) is 0 Å². The fraction of sp³-hybridized carbons (Fsp3) is 0.500. The largest absolute Gasteiger partial charge is 0.484 e. The van der Waals surface area contributed by atoms with Crippen LogP contribution in [0, 0.1) is 13.8 Å². The molecule has 1 fully saturated rings. The number of ether oxygens (including phenoxy) is 2. The second-order valence-corrected chi connectivity index (χ2v) is 6.26. The predicted octanol–water partition coefficient (Wildman–Crippen LogP) is 2.27. The minimum atomic E-state index is -0.0246. The molecule has 1 amide bonds. The number of piperidine rings is 1. The standard InChI is InChI=1S/C18H23N3O4/c1-13-5-3-6-15(9-13)24-12-18(22)21-8-4-7-16(10-21)23-11-17-19-14(2)20-25-17/h3,5-6,9,16H,4,7-8,10-12H2,1-2H3. The average Bonchev–Trinajstić information content (AvgIpc) is 3.03. The first-order chi connectivity index (χ1) is 12.1. The van der Waals surface area contributed by atoms with Crippen molar-refractivity contribution >= 4 is 5.91 Å². The van der Waals surface area contributed by atoms with Gasteiger partial charge in [0.1, 0.15) is 12.4 Å². The molecule has 0 N–H and O–H groups in total. The van der Waals surface area contributed by atoms with Gasteiger partial charge in [0.2, 0.25) is 0 Å². The highest BCUT2D eigenvalue weighted by Gasteiger charge is 2.25. The zero-order chi connectivity index (χ0) is 17.6. The summed E-state index contributed by atoms with van der Waals surface area (Å²) >= 11 is 0. The maximum atomic E-state index is 12.4. The highest BCUT2D eigenvalue weighted by molar-refractivity contribution is 5.77. The van der Waals surface area contributed by atoms with E-state index in [9.17, 15) is 4.79 Å². The highest BCUT2D eigenvalue weighted by Crippen LogP contribution is 2.16. The summed E-state index contributed by atoms with van der Waals surface area (Å²) in [7, 11) is 0. The van der Waals surface area contributed by atoms with E-state index in [1.165, 1.54) is 0 Å². The first kappa shape index (κ1) is 17.4. The van der Waals surface area contributed by atoms with Gasteiger partial charge in [-0.2, -0.15) is 4.98 Å². The molecule has 1 atom stereocenters. The van der Waals surface area contributed by atoms with Crippen LogP contribution in [-0.4, -0.2) is 46.7 Å². The van der Waals surface area contributed by atoms with Crippen LogP contribution in [0.2, 0.25) is 0 Å². The first-order valence-corrected chi connectivity index (χ1v) is 8.48. The number of hydrogen-bond acceptors (Lipinski definition) is 6. The summed E-state index contributed by atoms with van der Waals surface area (Å²) in [5.41, 5.74) is 1.10. The van der Waals surface area contributed by atoms with Gasteiger partial charge in [-0.3, -0.25) is 4.79 Å². The Balaban J connectivity index is 1.46. The lowest BCUT2D eigenvalue weighted by Crippen LogP contribution is -2.45. The lowest BCUT2D eigenvalue weighted by atomic mass is 10.1. The maximum Gasteiger partial charge on any atom is 0.260 e. The molecule has 1 unspecified atom stereocenters. The topological polar surface area (TPSA) is 77.7 Å². The van der Waals surface area contributed by atoms with E-state index in [0.29, 0.717) is 24.0 Å². The first-order valence-electron chi connectivity index (χ1n) is 8.48. The molecule has 1 aliphatic heterocycles. The van der Waals surface area contributed by atoms with Crippen molar-refractivity contribution in [3.05, 3.63) is 41.5 Å². The Morgan fingerprint density at radius 2 is 2.28 bits per heavy atom. The quantitative estimate of drug-likeness (QED) is 0.799. The Morgan fingerprint density at radius 1 is 1.40 bits per heavy atom. The van der Waals surface area contributed by atoms with Crippen molar-refractivity contribution in [1.29, 1.82) is 0 Å². The van der Waals surface area contributed by atoms with Gasteiger partial charge in [0.05, 0.1) is 6.10 Å². The summed E-state index contributed by atoms with van der Waals surface area (Å²) in [4.78, 5) is 18.3. The van der Waals surface area contributed by atoms with Crippen LogP contribution in [0.4, 0.5) is 0 Å². The summed E-state index contributed by atoms with van der Waals surface area (Å²) in [6.07, 6.45) is 1.79. The molecule has 1 aromatic heterocycles. The molecule has 7 nitrogen and oxygen atoms in total. The third kappa shape index (κ3) is 5.03. The van der Waals surface area contributed by atoms with Gasteiger partial charge in [-0.25, -0.2) is 0 Å². The number of aromatic nitrogens is 2. The molecular weight excluding hydrogens is 322 g/mol. The summed E-state index contributed by atoms with van der Waals surface area (Å²) in [6, 6.07) is 7.68. The third-order valence-corrected chi connectivity index (χ3v) is 4.09. The van der Waals surface area contributed by atoms with Crippen molar-refractivity contribution < 1.29 is 18.8 Å². The highest BCUT2D eigenvalue weighted by atomic mass is 16.5. The van der Waals surface area contributed by atoms with Gasteiger partial charge >= 0.3 is 0 Å². The van der Waals surface area contributed by atoms with Crippen molar-refractivity contribution in [2.75, 3.05) is 19.7 Å². The SMILES string of the molecule is Cc1cccc(OCC(=O)N2CCCC(OCc3nc(C)no3)C2)c1. The minimum absolute atomic E-state index is 0.0242. The molecule has 0 radical (unpaired) electrons. The fourth-order valence-corrected chi connectivity index (χ4v) is 2.83. The van der Waals surface area contributed by atoms with Crippen LogP contribution < -0.4 is 4.74 Å². The summed E-state index contributed by atoms with van der Waals surface area (Å²) in [5, 5.41) is 3.74. The number of benzene rings is 1. The molecule has 0 spiro atoms. The number of nitrogens with zero attached hydrogens (tertiary/aromatic N) is 3. The van der Waals surface area contributed by atoms with E-state index < -0.39 is 0 Å². The van der Waals surface area contributed by atoms with E-state index in [1.807, 2.05) is 31.2 Å². The number of amides is 1. The Hall–Kier alpha value is -2.41. The van der Waals surface area contributed by atoms with Crippen LogP contribution in [0.5, 0.6) is 5.75 Å². The molecular formula is C18H23N3O4. The number of rotatable bonds is 6. The van der Waals surface area contributed by atoms with E-state index in [1.54, 1.807) is 11.8 Å². The summed E-state index contributed by atoms with van der Waals surface area (Å²) in [6.45, 7) is 5.36. The van der Waals surface area contributed by atoms with Crippen molar-refractivity contribution in [1.82, 2.24) is 15.0 Å². The second kappa shape index (κ2) is 8.11. The van der Waals surface area contributed by atoms with Crippen molar-refractivity contribution in [3.63, 3.8) is 0 Å². The monoisotopic (exact) mass is 345 g/mol. The van der Waals surface area contributed by atoms with Crippen molar-refractivity contribution in [3.8, 4) is 5.75 Å². The van der Waals surface area contributed by atoms with Gasteiger partial charge in [-0.15, -0.1) is 0 Å². The zero-order valence-electron chi connectivity index (χ0n) is 14.6. The van der Waals surface area contributed by atoms with Gasteiger partial charge in [0.15, 0.2) is 12.4 Å². The van der Waals surface area contributed by atoms with Crippen LogP contribution in [0.1, 0.15) is 30.1 Å². The maximum absolute atomic E-state index is 12.4. The summed E-state index contributed by atoms with van der Waals surface area (Å²) < 4.78 is 16.5. The van der Waals surface area contributed by atoms with Crippen LogP contribution >= 0.6 is 0 Å². The molecule has 7 heteroatoms. The molecule has 1 aliphatic rings. The molecule has 25 heavy (non-hydrogen) atoms. The van der Waals surface area contributed by atoms with Gasteiger partial charge in [0, 0.05) is 13.1 Å². The van der Waals surface area contributed by atoms with E-state index in [-0.39, 0.29) is 25.2 Å². The Bertz CT molecular complexity index is 716. The number of aryl methyl sites for hydroxylation is 2. The number of likely N-dealkylation sites (tertiary alicyclic amines) is 1. The average molecular weight is 345 g/mol. The Morgan fingerprint density at radius 3 is 3.04 bits per heavy atom. The van der Waals surface area contributed by atoms with Crippen LogP contribution in [-0.2, 0) is 16.1 Å². The van der Waals surface area contributed by atoms with Crippen LogP contribution in [0.15, 0.2) is 28.8 Å². The fourth-order valence-electron chi connectivity index (χ4n) is 2.83. The van der Waals surface area contributed by atoms with Crippen molar-refractivity contribution in [2.24, 2.45) is 0 Å². The molecule has 0 aliphatic carbocycles. The van der Waals surface area contributed by atoms with E-state index in [0.717, 1.165) is 24.9 Å². The number of carbonyl (C=O) groups is 1. The molecule has 1 aromatic carbocycles. The zero-order valence-corrected chi connectivity index (χ0v) is 14.6. The Kier molecular flexibility index (Phi) is 5.65. The lowest BCUT2D eigenvalue weighted by Gasteiger charge is -2.32. The molecule has 2 heterocycles. The van der Waals surface area contributed by atoms with Crippen LogP contribution in [0.25, 0.3) is 0 Å². The number of carbonyl (C=O) groups excluding carboxylic acids is 1. The molecule has 0 saturated carbocycles. The van der Waals surface area contributed by atoms with Gasteiger partial charge in [0.25, 0.3) is 11.8 Å². The molecule has 2 aromatic rings. The second-order valence-electron chi connectivity index (χ2n) is 6.26. The third-order valence-electron chi connectivity index (χ3n) is 4.09. The molecule has 1 saturated heterocycles. The molecule has 134 valence electrons. The van der Waals surface area contributed by atoms with Gasteiger partial charge < -0.3 is 18.9 Å². The normalized spacial score (nSPS) is 17.5. The van der Waals surface area contributed by atoms with Gasteiger partial charge in [-0.05, 0) is 44.4 Å². The Labute approximate surface area is 146 Å². The molecule has 0 bridgehead atoms. The summed E-state index contributed by atoms with van der Waals surface area (Å²) in [5.74, 6) is 1.74. The predicted molar refractivity (Wildman–Crippen MR) is 90.1 cm³/mol. The number of hydrogen-bond donors (Lipinski definition) is 0. The van der Waals surface area contributed by atoms with E-state index in [4.69, 9.17) is 14.0 Å². The smallest absolute Gasteiger partial charge is 0.260 e. The lowest BCUT2D eigenvalue weighted by molar-refractivity contribution is -0.138. The van der Waals surface area contributed by atoms with E-state index in [2.05, 4.69) is 10.1 Å². The van der Waals surface area contributed by atoms with Gasteiger partial charge in [-0.1, -0.05) is 17.3 Å². The minimum Gasteiger partial charge on any atom is -0.484 e. The van der Waals surface area contributed by atoms with E-state index >= 15 is 0 Å². The van der Waals surface area contributed by atoms with Crippen molar-refractivity contribution in [2.45, 2.75) is 39.4 Å².